The van der Waals surface area contributed by atoms with Gasteiger partial charge >= 0.3 is 0 Å². The Labute approximate surface area is 525 Å². The molecule has 0 aliphatic carbocycles. The van der Waals surface area contributed by atoms with Crippen molar-refractivity contribution in [1.82, 2.24) is 45.3 Å². The van der Waals surface area contributed by atoms with Crippen molar-refractivity contribution in [2.75, 3.05) is 104 Å². The van der Waals surface area contributed by atoms with Crippen molar-refractivity contribution in [3.63, 3.8) is 0 Å². The zero-order chi connectivity index (χ0) is 64.4. The van der Waals surface area contributed by atoms with Gasteiger partial charge in [0.2, 0.25) is 59.1 Å². The summed E-state index contributed by atoms with van der Waals surface area (Å²) in [5, 5.41) is 9.14. The smallest absolute Gasteiger partial charge is 0.243 e. The van der Waals surface area contributed by atoms with Gasteiger partial charge < -0.3 is 74.0 Å². The Morgan fingerprint density at radius 1 is 0.557 bits per heavy atom. The molecule has 2 aliphatic rings. The van der Waals surface area contributed by atoms with Crippen molar-refractivity contribution in [3.05, 3.63) is 71.8 Å². The van der Waals surface area contributed by atoms with E-state index in [1.165, 1.54) is 36.3 Å². The van der Waals surface area contributed by atoms with Crippen LogP contribution in [0.15, 0.2) is 60.7 Å². The van der Waals surface area contributed by atoms with Gasteiger partial charge in [-0.2, -0.15) is 11.8 Å². The van der Waals surface area contributed by atoms with Crippen LogP contribution >= 0.6 is 11.8 Å². The van der Waals surface area contributed by atoms with E-state index in [-0.39, 0.29) is 62.9 Å². The second kappa shape index (κ2) is 40.8. The molecule has 2 aromatic carbocycles. The van der Waals surface area contributed by atoms with Crippen LogP contribution in [-0.4, -0.2) is 210 Å². The summed E-state index contributed by atoms with van der Waals surface area (Å²) in [7, 11) is 0. The minimum absolute atomic E-state index is 0.0711. The fraction of sp³-hybridized carbons (Fsp3) is 0.651. The number of nitrogens with two attached hydrogens (primary N) is 5. The first kappa shape index (κ1) is 73.8. The van der Waals surface area contributed by atoms with Crippen molar-refractivity contribution in [2.45, 2.75) is 153 Å². The Morgan fingerprint density at radius 3 is 1.49 bits per heavy atom. The number of carbonyl (C=O) groups excluding carboxylic acids is 10. The van der Waals surface area contributed by atoms with Crippen LogP contribution < -0.4 is 44.6 Å². The summed E-state index contributed by atoms with van der Waals surface area (Å²) in [6, 6.07) is 15.8. The molecular formula is C63H102N14O10S. The van der Waals surface area contributed by atoms with Crippen molar-refractivity contribution in [2.24, 2.45) is 34.6 Å². The number of carbonyl (C=O) groups is 10. The van der Waals surface area contributed by atoms with Crippen LogP contribution in [0.3, 0.4) is 0 Å². The van der Waals surface area contributed by atoms with Crippen LogP contribution in [0.1, 0.15) is 147 Å². The molecule has 490 valence electrons. The van der Waals surface area contributed by atoms with E-state index in [9.17, 15) is 47.9 Å². The molecule has 88 heavy (non-hydrogen) atoms. The van der Waals surface area contributed by atoms with Gasteiger partial charge in [-0.3, -0.25) is 47.9 Å². The fourth-order valence-electron chi connectivity index (χ4n) is 11.0. The molecule has 2 saturated heterocycles. The maximum absolute atomic E-state index is 15.0. The monoisotopic (exact) mass is 1250 g/mol. The Bertz CT molecular complexity index is 2520. The van der Waals surface area contributed by atoms with Gasteiger partial charge in [0.05, 0.1) is 38.3 Å². The van der Waals surface area contributed by atoms with Gasteiger partial charge in [-0.1, -0.05) is 67.1 Å². The predicted octanol–water partition coefficient (Wildman–Crippen LogP) is 1.89. The topological polar surface area (TPSA) is 356 Å². The van der Waals surface area contributed by atoms with Gasteiger partial charge in [-0.15, -0.1) is 0 Å². The molecule has 6 atom stereocenters. The van der Waals surface area contributed by atoms with E-state index in [0.717, 1.165) is 25.0 Å². The van der Waals surface area contributed by atoms with E-state index in [0.29, 0.717) is 139 Å². The van der Waals surface area contributed by atoms with Crippen molar-refractivity contribution >= 4 is 70.8 Å². The second-order valence-corrected chi connectivity index (χ2v) is 24.4. The summed E-state index contributed by atoms with van der Waals surface area (Å²) in [6.07, 6.45) is 8.89. The number of unbranched alkanes of at least 4 members (excludes halogenated alkanes) is 6. The molecule has 2 aromatic rings. The second-order valence-electron chi connectivity index (χ2n) is 23.1. The van der Waals surface area contributed by atoms with E-state index in [2.05, 4.69) is 16.0 Å². The van der Waals surface area contributed by atoms with E-state index in [1.54, 1.807) is 38.1 Å². The summed E-state index contributed by atoms with van der Waals surface area (Å²) >= 11 is 1.90. The van der Waals surface area contributed by atoms with E-state index in [4.69, 9.17) is 28.7 Å². The molecular weight excluding hydrogens is 1140 g/mol. The van der Waals surface area contributed by atoms with Crippen LogP contribution in [-0.2, 0) is 47.9 Å². The SMILES string of the molecule is CC(=O)N(CCCCN)CC(=O)N(CCCCN)CC(=O)N(CCCCN)CC(=O)N(CC(=O)N(CCCCN)CC(=O)N(CC(=O)N[C@@H](CCCCNC(=O)CCCCC1SC[C@@H]2CC(=O)N[C@H]12)C(N)=O)[C@@H](C)c1ccccc1)[C@@H](C)c1ccccc1. The number of hydrogen-bond donors (Lipinski definition) is 8. The largest absolute Gasteiger partial charge is 0.368 e. The Hall–Kier alpha value is -6.67. The predicted molar refractivity (Wildman–Crippen MR) is 341 cm³/mol. The summed E-state index contributed by atoms with van der Waals surface area (Å²) in [4.78, 5) is 145. The molecule has 1 unspecified atom stereocenters. The molecule has 0 aromatic heterocycles. The molecule has 24 nitrogen and oxygen atoms in total. The molecule has 13 N–H and O–H groups in total. The lowest BCUT2D eigenvalue weighted by atomic mass is 9.97. The number of primary amides is 1. The molecule has 0 radical (unpaired) electrons. The summed E-state index contributed by atoms with van der Waals surface area (Å²) < 4.78 is 0. The van der Waals surface area contributed by atoms with Crippen LogP contribution in [0, 0.1) is 5.92 Å². The van der Waals surface area contributed by atoms with E-state index >= 15 is 0 Å². The molecule has 0 bridgehead atoms. The highest BCUT2D eigenvalue weighted by Gasteiger charge is 2.43. The van der Waals surface area contributed by atoms with Gasteiger partial charge in [0.15, 0.2) is 0 Å². The van der Waals surface area contributed by atoms with Gasteiger partial charge in [0.1, 0.15) is 19.1 Å². The highest BCUT2D eigenvalue weighted by molar-refractivity contribution is 8.00. The number of rotatable bonds is 44. The zero-order valence-electron chi connectivity index (χ0n) is 52.4. The number of benzene rings is 2. The molecule has 10 amide bonds. The van der Waals surface area contributed by atoms with E-state index < -0.39 is 85.7 Å². The molecule has 25 heteroatoms. The zero-order valence-corrected chi connectivity index (χ0v) is 53.2. The Balaban J connectivity index is 1.50. The molecule has 4 rings (SSSR count). The quantitative estimate of drug-likeness (QED) is 0.0439. The number of nitrogens with zero attached hydrogens (tertiary/aromatic N) is 6. The lowest BCUT2D eigenvalue weighted by Gasteiger charge is -2.35. The molecule has 2 heterocycles. The van der Waals surface area contributed by atoms with Crippen LogP contribution in [0.2, 0.25) is 0 Å². The highest BCUT2D eigenvalue weighted by atomic mass is 32.2. The number of hydrogen-bond acceptors (Lipinski definition) is 15. The van der Waals surface area contributed by atoms with Gasteiger partial charge in [0.25, 0.3) is 0 Å². The third-order valence-electron chi connectivity index (χ3n) is 16.4. The lowest BCUT2D eigenvalue weighted by Crippen LogP contribution is -2.53. The van der Waals surface area contributed by atoms with E-state index in [1.807, 2.05) is 48.2 Å². The first-order chi connectivity index (χ1) is 42.3. The number of thioether (sulfide) groups is 1. The first-order valence-electron chi connectivity index (χ1n) is 31.7. The summed E-state index contributed by atoms with van der Waals surface area (Å²) in [6.45, 7) is 4.78. The number of nitrogens with one attached hydrogen (secondary N) is 3. The fourth-order valence-corrected chi connectivity index (χ4v) is 12.6. The molecule has 0 spiro atoms. The summed E-state index contributed by atoms with van der Waals surface area (Å²) in [5.74, 6) is -2.99. The van der Waals surface area contributed by atoms with Gasteiger partial charge in [-0.25, -0.2) is 0 Å². The standard InChI is InChI=1S/C63H102N14O10S/c1-46(49-22-6-4-7-23-49)76(39-56(81)70-52(63(68)87)26-12-17-33-69-54(79)28-11-10-27-53-62-51(45-88-53)38-55(80)71-62)60(85)42-75(37-21-16-32-67)59(84)44-77(47(2)50-24-8-5-9-25-50)61(86)43-74(36-20-15-31-66)58(83)41-73(35-19-14-30-65)57(82)40-72(48(3)78)34-18-13-29-64/h4-9,22-25,46-47,51-53,62H,10-21,26-45,64-67H2,1-3H3,(H2,68,87)(H,69,79)(H,70,81)(H,71,80)/t46-,47-,51-,52-,53?,62-/m0/s1. The van der Waals surface area contributed by atoms with Crippen LogP contribution in [0.5, 0.6) is 0 Å². The molecule has 2 fully saturated rings. The lowest BCUT2D eigenvalue weighted by molar-refractivity contribution is -0.149. The average Bonchev–Trinajstić information content (AvgIpc) is 3.77. The Morgan fingerprint density at radius 2 is 1.01 bits per heavy atom. The van der Waals surface area contributed by atoms with Crippen molar-refractivity contribution in [3.8, 4) is 0 Å². The molecule has 0 saturated carbocycles. The highest BCUT2D eigenvalue weighted by Crippen LogP contribution is 2.39. The van der Waals surface area contributed by atoms with Gasteiger partial charge in [-0.05, 0) is 146 Å². The Kier molecular flexibility index (Phi) is 34.2. The third kappa shape index (κ3) is 25.8. The maximum Gasteiger partial charge on any atom is 0.243 e. The maximum atomic E-state index is 15.0. The average molecular weight is 1250 g/mol. The van der Waals surface area contributed by atoms with Crippen LogP contribution in [0.25, 0.3) is 0 Å². The van der Waals surface area contributed by atoms with Crippen molar-refractivity contribution in [1.29, 1.82) is 0 Å². The first-order valence-corrected chi connectivity index (χ1v) is 32.7. The van der Waals surface area contributed by atoms with Crippen molar-refractivity contribution < 1.29 is 47.9 Å². The summed E-state index contributed by atoms with van der Waals surface area (Å²) in [5.41, 5.74) is 30.5. The molecule has 2 aliphatic heterocycles. The van der Waals surface area contributed by atoms with Crippen LogP contribution in [0.4, 0.5) is 0 Å². The number of amides is 10. The normalized spacial score (nSPS) is 16.1. The minimum Gasteiger partial charge on any atom is -0.368 e. The number of fused-ring (bicyclic) bond motifs is 1. The minimum atomic E-state index is -1.08. The van der Waals surface area contributed by atoms with Gasteiger partial charge in [0, 0.05) is 63.8 Å². The third-order valence-corrected chi connectivity index (χ3v) is 17.9.